The van der Waals surface area contributed by atoms with Gasteiger partial charge in [0.2, 0.25) is 0 Å². The van der Waals surface area contributed by atoms with Crippen molar-refractivity contribution in [3.63, 3.8) is 0 Å². The number of benzene rings is 2. The van der Waals surface area contributed by atoms with Crippen LogP contribution in [0.4, 0.5) is 0 Å². The summed E-state index contributed by atoms with van der Waals surface area (Å²) in [5.41, 5.74) is 2.32. The minimum atomic E-state index is -0.764. The van der Waals surface area contributed by atoms with Crippen LogP contribution in [-0.4, -0.2) is 53.1 Å². The van der Waals surface area contributed by atoms with Crippen molar-refractivity contribution < 1.29 is 19.7 Å². The largest absolute Gasteiger partial charge is 0.504 e. The zero-order valence-corrected chi connectivity index (χ0v) is 20.2. The molecule has 2 N–H and O–H groups in total. The number of fused-ring (bicyclic) bond motifs is 1. The lowest BCUT2D eigenvalue weighted by Gasteiger charge is -2.71. The summed E-state index contributed by atoms with van der Waals surface area (Å²) in [5.74, 6) is 1.57. The molecule has 5 aliphatic carbocycles. The van der Waals surface area contributed by atoms with Gasteiger partial charge in [-0.05, 0) is 61.8 Å². The van der Waals surface area contributed by atoms with Crippen molar-refractivity contribution in [2.24, 2.45) is 17.3 Å². The zero-order chi connectivity index (χ0) is 23.6. The van der Waals surface area contributed by atoms with E-state index in [0.29, 0.717) is 11.8 Å². The highest BCUT2D eigenvalue weighted by Crippen LogP contribution is 2.75. The normalized spacial score (nSPS) is 40.9. The van der Waals surface area contributed by atoms with Crippen molar-refractivity contribution in [1.82, 2.24) is 4.90 Å². The Kier molecular flexibility index (Phi) is 3.98. The summed E-state index contributed by atoms with van der Waals surface area (Å²) >= 11 is 0. The Bertz CT molecular complexity index is 1240. The maximum absolute atomic E-state index is 11.8. The van der Waals surface area contributed by atoms with Crippen molar-refractivity contribution in [3.05, 3.63) is 71.3 Å². The summed E-state index contributed by atoms with van der Waals surface area (Å²) in [6.07, 6.45) is 9.27. The van der Waals surface area contributed by atoms with Gasteiger partial charge in [-0.2, -0.15) is 0 Å². The number of phenols is 1. The molecule has 2 unspecified atom stereocenters. The molecule has 5 nitrogen and oxygen atoms in total. The number of aliphatic hydroxyl groups is 1. The van der Waals surface area contributed by atoms with Crippen LogP contribution < -0.4 is 4.74 Å². The third-order valence-electron chi connectivity index (χ3n) is 10.7. The van der Waals surface area contributed by atoms with Crippen LogP contribution in [0.25, 0.3) is 0 Å². The fourth-order valence-corrected chi connectivity index (χ4v) is 9.07. The van der Waals surface area contributed by atoms with E-state index in [1.807, 2.05) is 36.4 Å². The lowest BCUT2D eigenvalue weighted by molar-refractivity contribution is -0.233. The van der Waals surface area contributed by atoms with Crippen LogP contribution in [0.3, 0.4) is 0 Å². The molecule has 0 amide bonds. The van der Waals surface area contributed by atoms with Gasteiger partial charge in [-0.3, -0.25) is 4.90 Å². The molecule has 4 bridgehead atoms. The first kappa shape index (κ1) is 20.8. The van der Waals surface area contributed by atoms with Crippen LogP contribution in [0.1, 0.15) is 48.5 Å². The molecule has 2 aromatic carbocycles. The first-order chi connectivity index (χ1) is 17.0. The van der Waals surface area contributed by atoms with E-state index in [0.717, 1.165) is 37.3 Å². The number of likely N-dealkylation sites (tertiary alicyclic amines) is 1. The Hall–Kier alpha value is -2.34. The summed E-state index contributed by atoms with van der Waals surface area (Å²) in [5, 5.41) is 22.8. The van der Waals surface area contributed by atoms with E-state index >= 15 is 0 Å². The molecular weight excluding hydrogens is 438 g/mol. The van der Waals surface area contributed by atoms with Gasteiger partial charge in [-0.25, -0.2) is 0 Å². The first-order valence-corrected chi connectivity index (χ1v) is 13.3. The molecule has 2 saturated carbocycles. The van der Waals surface area contributed by atoms with Crippen LogP contribution in [0, 0.1) is 17.3 Å². The Morgan fingerprint density at radius 2 is 1.97 bits per heavy atom. The highest BCUT2D eigenvalue weighted by molar-refractivity contribution is 5.65. The predicted octanol–water partition coefficient (Wildman–Crippen LogP) is 4.13. The third kappa shape index (κ3) is 2.32. The molecular formula is C30H33NO4. The molecule has 7 atom stereocenters. The fourth-order valence-electron chi connectivity index (χ4n) is 9.07. The number of piperidine rings is 1. The zero-order valence-electron chi connectivity index (χ0n) is 20.2. The summed E-state index contributed by atoms with van der Waals surface area (Å²) < 4.78 is 13.3. The number of phenolic OH excluding ortho intramolecular Hbond substituents is 1. The van der Waals surface area contributed by atoms with E-state index in [4.69, 9.17) is 9.47 Å². The monoisotopic (exact) mass is 471 g/mol. The lowest BCUT2D eigenvalue weighted by Crippen LogP contribution is -2.79. The van der Waals surface area contributed by atoms with Crippen LogP contribution in [0.5, 0.6) is 11.5 Å². The average Bonchev–Trinajstić information content (AvgIpc) is 3.63. The standard InChI is InChI=1S/C30H33NO4/c1-34-30-12-11-28(16-21(30)25(33)19-5-3-2-4-6-19)23-15-20-9-10-22(32)26-24(20)29(28,27(30)35-26)13-14-31(23)17-18-7-8-18/h2-6,9-12,18,21,23,25,27,32-33H,7-8,13-17H2,1H3/t21-,23?,25-,27+,28?,29+,30-/m1/s1. The van der Waals surface area contributed by atoms with Crippen molar-refractivity contribution in [2.45, 2.75) is 61.4 Å². The number of nitrogens with zero attached hydrogens (tertiary/aromatic N) is 1. The second kappa shape index (κ2) is 6.70. The molecule has 5 heteroatoms. The Morgan fingerprint density at radius 1 is 1.14 bits per heavy atom. The molecule has 1 saturated heterocycles. The maximum atomic E-state index is 11.8. The van der Waals surface area contributed by atoms with Gasteiger partial charge >= 0.3 is 0 Å². The number of ether oxygens (including phenoxy) is 2. The van der Waals surface area contributed by atoms with Crippen LogP contribution in [-0.2, 0) is 16.6 Å². The van der Waals surface area contributed by atoms with Gasteiger partial charge in [-0.15, -0.1) is 0 Å². The van der Waals surface area contributed by atoms with E-state index in [1.165, 1.54) is 30.5 Å². The van der Waals surface area contributed by atoms with Crippen molar-refractivity contribution in [2.75, 3.05) is 20.2 Å². The summed E-state index contributed by atoms with van der Waals surface area (Å²) in [4.78, 5) is 2.76. The number of hydrogen-bond donors (Lipinski definition) is 2. The number of aliphatic hydroxyl groups excluding tert-OH is 1. The summed E-state index contributed by atoms with van der Waals surface area (Å²) in [7, 11) is 1.76. The third-order valence-corrected chi connectivity index (χ3v) is 10.7. The lowest BCUT2D eigenvalue weighted by atomic mass is 9.36. The average molecular weight is 472 g/mol. The Morgan fingerprint density at radius 3 is 2.74 bits per heavy atom. The van der Waals surface area contributed by atoms with E-state index in [2.05, 4.69) is 23.1 Å². The second-order valence-electron chi connectivity index (χ2n) is 11.9. The van der Waals surface area contributed by atoms with E-state index < -0.39 is 11.7 Å². The molecule has 35 heavy (non-hydrogen) atoms. The quantitative estimate of drug-likeness (QED) is 0.643. The number of methoxy groups -OCH3 is 1. The summed E-state index contributed by atoms with van der Waals surface area (Å²) in [6.45, 7) is 2.22. The Balaban J connectivity index is 1.36. The topological polar surface area (TPSA) is 62.2 Å². The second-order valence-corrected chi connectivity index (χ2v) is 11.9. The minimum absolute atomic E-state index is 0.139. The molecule has 182 valence electrons. The number of hydrogen-bond acceptors (Lipinski definition) is 5. The highest BCUT2D eigenvalue weighted by atomic mass is 16.6. The van der Waals surface area contributed by atoms with Gasteiger partial charge in [-0.1, -0.05) is 48.6 Å². The molecule has 3 fully saturated rings. The first-order valence-electron chi connectivity index (χ1n) is 13.3. The van der Waals surface area contributed by atoms with Gasteiger partial charge in [0.1, 0.15) is 11.7 Å². The van der Waals surface area contributed by atoms with Gasteiger partial charge in [0, 0.05) is 36.6 Å². The van der Waals surface area contributed by atoms with Crippen molar-refractivity contribution in [3.8, 4) is 11.5 Å². The van der Waals surface area contributed by atoms with Gasteiger partial charge in [0.15, 0.2) is 11.5 Å². The molecule has 0 aromatic heterocycles. The van der Waals surface area contributed by atoms with Crippen LogP contribution >= 0.6 is 0 Å². The molecule has 2 heterocycles. The molecule has 2 spiro atoms. The molecule has 7 aliphatic rings. The highest BCUT2D eigenvalue weighted by Gasteiger charge is 2.79. The molecule has 9 rings (SSSR count). The predicted molar refractivity (Wildman–Crippen MR) is 131 cm³/mol. The maximum Gasteiger partial charge on any atom is 0.165 e. The molecule has 2 aromatic rings. The minimum Gasteiger partial charge on any atom is -0.504 e. The Labute approximate surface area is 206 Å². The van der Waals surface area contributed by atoms with Crippen LogP contribution in [0.2, 0.25) is 0 Å². The van der Waals surface area contributed by atoms with Gasteiger partial charge < -0.3 is 19.7 Å². The van der Waals surface area contributed by atoms with Crippen LogP contribution in [0.15, 0.2) is 54.6 Å². The molecule has 0 radical (unpaired) electrons. The number of rotatable bonds is 5. The van der Waals surface area contributed by atoms with Gasteiger partial charge in [0.05, 0.1) is 11.5 Å². The van der Waals surface area contributed by atoms with Gasteiger partial charge in [0.25, 0.3) is 0 Å². The van der Waals surface area contributed by atoms with E-state index in [1.54, 1.807) is 7.11 Å². The summed E-state index contributed by atoms with van der Waals surface area (Å²) in [6, 6.07) is 14.3. The van der Waals surface area contributed by atoms with Crippen molar-refractivity contribution in [1.29, 1.82) is 0 Å². The number of aromatic hydroxyl groups is 1. The smallest absolute Gasteiger partial charge is 0.165 e. The SMILES string of the molecule is CO[C@]12C=CC3(C[C@@H]1[C@H](O)c1ccccc1)C1Cc4ccc(O)c5c4[C@@]3(CCN1CC1CC1)[C@@H]2O5. The van der Waals surface area contributed by atoms with E-state index in [-0.39, 0.29) is 28.6 Å². The fraction of sp³-hybridized carbons (Fsp3) is 0.533. The van der Waals surface area contributed by atoms with Crippen molar-refractivity contribution >= 4 is 0 Å². The molecule has 2 aliphatic heterocycles. The van der Waals surface area contributed by atoms with E-state index in [9.17, 15) is 10.2 Å².